The smallest absolute Gasteiger partial charge is 0.0602 e. The average Bonchev–Trinajstić information content (AvgIpc) is 1.61. The van der Waals surface area contributed by atoms with Gasteiger partial charge in [0.05, 0.1) is 5.88 Å². The van der Waals surface area contributed by atoms with Crippen LogP contribution in [0, 0.1) is 0 Å². The van der Waals surface area contributed by atoms with Gasteiger partial charge in [0.1, 0.15) is 0 Å². The molecule has 0 atom stereocenters. The second-order valence-electron chi connectivity index (χ2n) is 0.841. The fourth-order valence-electron chi connectivity index (χ4n) is 0.142. The Kier molecular flexibility index (Phi) is 4.80. The number of hydrogen-bond donors (Lipinski definition) is 1. The molecule has 0 radical (unpaired) electrons. The first-order valence-corrected chi connectivity index (χ1v) is 3.14. The van der Waals surface area contributed by atoms with Gasteiger partial charge in [0, 0.05) is 0 Å². The maximum absolute atomic E-state index is 3.47. The van der Waals surface area contributed by atoms with E-state index in [1.165, 1.54) is 0 Å². The molecule has 0 aromatic heterocycles. The minimum absolute atomic E-state index is 0.962. The summed E-state index contributed by atoms with van der Waals surface area (Å²) >= 11 is 1.74. The Bertz CT molecular complexity index is 36.5. The molecule has 0 aliphatic rings. The first kappa shape index (κ1) is 5.89. The summed E-state index contributed by atoms with van der Waals surface area (Å²) in [7, 11) is 0. The van der Waals surface area contributed by atoms with E-state index in [-0.39, 0.29) is 0 Å². The number of rotatable bonds is 3. The molecular weight excluding hydrogens is 94.1 g/mol. The molecule has 0 aromatic rings. The summed E-state index contributed by atoms with van der Waals surface area (Å²) in [4.78, 5) is 0. The lowest BCUT2D eigenvalue weighted by Gasteiger charge is -1.89. The van der Waals surface area contributed by atoms with Crippen LogP contribution in [0.3, 0.4) is 0 Å². The zero-order valence-electron chi connectivity index (χ0n) is 3.90. The molecule has 0 fully saturated rings. The van der Waals surface area contributed by atoms with Crippen LogP contribution in [0.4, 0.5) is 0 Å². The van der Waals surface area contributed by atoms with E-state index in [9.17, 15) is 0 Å². The molecule has 36 valence electrons. The molecule has 1 nitrogen and oxygen atoms in total. The lowest BCUT2D eigenvalue weighted by molar-refractivity contribution is 1.07. The molecule has 2 heteroatoms. The van der Waals surface area contributed by atoms with Gasteiger partial charge in [-0.3, -0.25) is 0 Å². The highest BCUT2D eigenvalue weighted by Crippen LogP contribution is 1.82. The average molecular weight is 103 g/mol. The number of thioether (sulfide) groups is 1. The fraction of sp³-hybridized carbons (Fsp3) is 0.500. The summed E-state index contributed by atoms with van der Waals surface area (Å²) in [5.41, 5.74) is 0. The maximum atomic E-state index is 3.47. The molecule has 0 aliphatic heterocycles. The van der Waals surface area contributed by atoms with E-state index in [1.807, 2.05) is 6.26 Å². The second-order valence-corrected chi connectivity index (χ2v) is 1.71. The highest BCUT2D eigenvalue weighted by Gasteiger charge is 1.66. The molecule has 0 rings (SSSR count). The largest absolute Gasteiger partial charge is 0.382 e. The van der Waals surface area contributed by atoms with Crippen LogP contribution in [-0.4, -0.2) is 12.1 Å². The third-order valence-corrected chi connectivity index (χ3v) is 0.827. The second kappa shape index (κ2) is 4.89. The Morgan fingerprint density at radius 3 is 2.83 bits per heavy atom. The Morgan fingerprint density at radius 2 is 2.67 bits per heavy atom. The highest BCUT2D eigenvalue weighted by atomic mass is 32.2. The van der Waals surface area contributed by atoms with Crippen molar-refractivity contribution in [3.05, 3.63) is 12.8 Å². The Hall–Kier alpha value is -0.110. The molecule has 0 saturated carbocycles. The normalized spacial score (nSPS) is 7.50. The van der Waals surface area contributed by atoms with Gasteiger partial charge in [-0.15, -0.1) is 11.8 Å². The van der Waals surface area contributed by atoms with E-state index in [1.54, 1.807) is 18.0 Å². The summed E-state index contributed by atoms with van der Waals surface area (Å²) in [5, 5.41) is 2.92. The molecule has 0 saturated heterocycles. The lowest BCUT2D eigenvalue weighted by atomic mass is 11.0. The van der Waals surface area contributed by atoms with E-state index in [0.717, 1.165) is 5.88 Å². The topological polar surface area (TPSA) is 12.0 Å². The van der Waals surface area contributed by atoms with Crippen LogP contribution in [0.25, 0.3) is 0 Å². The van der Waals surface area contributed by atoms with Crippen molar-refractivity contribution in [2.75, 3.05) is 12.1 Å². The SMILES string of the molecule is C=CNCSC. The van der Waals surface area contributed by atoms with Crippen LogP contribution in [-0.2, 0) is 0 Å². The number of nitrogens with one attached hydrogen (secondary N) is 1. The Balaban J connectivity index is 2.49. The highest BCUT2D eigenvalue weighted by molar-refractivity contribution is 7.98. The summed E-state index contributed by atoms with van der Waals surface area (Å²) in [5.74, 6) is 0.962. The summed E-state index contributed by atoms with van der Waals surface area (Å²) in [6.45, 7) is 3.47. The Morgan fingerprint density at radius 1 is 2.00 bits per heavy atom. The predicted octanol–water partition coefficient (Wildman–Crippen LogP) is 1.04. The van der Waals surface area contributed by atoms with Crippen LogP contribution in [0.1, 0.15) is 0 Å². The van der Waals surface area contributed by atoms with E-state index in [4.69, 9.17) is 0 Å². The first-order chi connectivity index (χ1) is 2.91. The van der Waals surface area contributed by atoms with Gasteiger partial charge >= 0.3 is 0 Å². The van der Waals surface area contributed by atoms with Gasteiger partial charge < -0.3 is 5.32 Å². The van der Waals surface area contributed by atoms with Gasteiger partial charge in [-0.2, -0.15) is 0 Å². The van der Waals surface area contributed by atoms with Crippen molar-refractivity contribution in [2.24, 2.45) is 0 Å². The standard InChI is InChI=1S/C4H9NS/c1-3-5-4-6-2/h3,5H,1,4H2,2H3. The van der Waals surface area contributed by atoms with Crippen molar-refractivity contribution in [2.45, 2.75) is 0 Å². The van der Waals surface area contributed by atoms with Crippen LogP contribution >= 0.6 is 11.8 Å². The molecule has 0 heterocycles. The minimum atomic E-state index is 0.962. The zero-order chi connectivity index (χ0) is 4.83. The summed E-state index contributed by atoms with van der Waals surface area (Å²) in [6.07, 6.45) is 3.73. The van der Waals surface area contributed by atoms with Crippen LogP contribution in [0.15, 0.2) is 12.8 Å². The predicted molar refractivity (Wildman–Crippen MR) is 31.7 cm³/mol. The van der Waals surface area contributed by atoms with E-state index in [2.05, 4.69) is 11.9 Å². The van der Waals surface area contributed by atoms with Gasteiger partial charge in [0.15, 0.2) is 0 Å². The van der Waals surface area contributed by atoms with Crippen molar-refractivity contribution >= 4 is 11.8 Å². The van der Waals surface area contributed by atoms with Crippen molar-refractivity contribution in [3.8, 4) is 0 Å². The van der Waals surface area contributed by atoms with Crippen LogP contribution < -0.4 is 5.32 Å². The van der Waals surface area contributed by atoms with Crippen LogP contribution in [0.5, 0.6) is 0 Å². The van der Waals surface area contributed by atoms with Gasteiger partial charge in [-0.05, 0) is 12.5 Å². The summed E-state index contributed by atoms with van der Waals surface area (Å²) in [6, 6.07) is 0. The van der Waals surface area contributed by atoms with Gasteiger partial charge in [0.2, 0.25) is 0 Å². The van der Waals surface area contributed by atoms with Gasteiger partial charge in [-0.1, -0.05) is 6.58 Å². The molecule has 1 N–H and O–H groups in total. The van der Waals surface area contributed by atoms with Crippen molar-refractivity contribution in [3.63, 3.8) is 0 Å². The molecule has 0 aromatic carbocycles. The van der Waals surface area contributed by atoms with Crippen molar-refractivity contribution < 1.29 is 0 Å². The van der Waals surface area contributed by atoms with E-state index >= 15 is 0 Å². The Labute approximate surface area is 42.8 Å². The van der Waals surface area contributed by atoms with E-state index in [0.29, 0.717) is 0 Å². The van der Waals surface area contributed by atoms with Gasteiger partial charge in [0.25, 0.3) is 0 Å². The first-order valence-electron chi connectivity index (χ1n) is 1.75. The minimum Gasteiger partial charge on any atom is -0.382 e. The summed E-state index contributed by atoms with van der Waals surface area (Å²) < 4.78 is 0. The molecular formula is C4H9NS. The molecule has 0 unspecified atom stereocenters. The lowest BCUT2D eigenvalue weighted by Crippen LogP contribution is -1.99. The molecule has 0 bridgehead atoms. The van der Waals surface area contributed by atoms with Gasteiger partial charge in [-0.25, -0.2) is 0 Å². The molecule has 0 amide bonds. The third kappa shape index (κ3) is 3.89. The van der Waals surface area contributed by atoms with E-state index < -0.39 is 0 Å². The zero-order valence-corrected chi connectivity index (χ0v) is 4.72. The molecule has 6 heavy (non-hydrogen) atoms. The quantitative estimate of drug-likeness (QED) is 0.423. The molecule has 0 aliphatic carbocycles. The van der Waals surface area contributed by atoms with Crippen molar-refractivity contribution in [1.29, 1.82) is 0 Å². The van der Waals surface area contributed by atoms with Crippen molar-refractivity contribution in [1.82, 2.24) is 5.32 Å². The monoisotopic (exact) mass is 103 g/mol. The molecule has 0 spiro atoms. The van der Waals surface area contributed by atoms with Crippen LogP contribution in [0.2, 0.25) is 0 Å². The third-order valence-electron chi connectivity index (χ3n) is 0.372. The maximum Gasteiger partial charge on any atom is 0.0602 e. The number of hydrogen-bond acceptors (Lipinski definition) is 2. The fourth-order valence-corrected chi connectivity index (χ4v) is 0.427.